The molecule has 0 amide bonds. The van der Waals surface area contributed by atoms with Crippen molar-refractivity contribution in [2.45, 2.75) is 49.5 Å². The fourth-order valence-electron chi connectivity index (χ4n) is 2.80. The predicted octanol–water partition coefficient (Wildman–Crippen LogP) is 1.61. The standard InChI is InChI=1S/C15H21NO3S/c17-15(12-5-6-12)10-16-20(18,19)14-8-7-11-3-1-2-4-13(11)9-14/h7-9,12,15-17H,1-6,10H2. The van der Waals surface area contributed by atoms with Crippen LogP contribution in [0.3, 0.4) is 0 Å². The van der Waals surface area contributed by atoms with Crippen LogP contribution in [0.25, 0.3) is 0 Å². The fourth-order valence-corrected chi connectivity index (χ4v) is 3.90. The zero-order chi connectivity index (χ0) is 14.2. The highest BCUT2D eigenvalue weighted by atomic mass is 32.2. The molecule has 1 atom stereocenters. The molecular formula is C15H21NO3S. The molecule has 5 heteroatoms. The van der Waals surface area contributed by atoms with Crippen LogP contribution in [0.4, 0.5) is 0 Å². The molecule has 0 aliphatic heterocycles. The highest BCUT2D eigenvalue weighted by Gasteiger charge is 2.30. The third kappa shape index (κ3) is 3.05. The minimum Gasteiger partial charge on any atom is -0.391 e. The number of rotatable bonds is 5. The van der Waals surface area contributed by atoms with E-state index in [1.165, 1.54) is 12.0 Å². The van der Waals surface area contributed by atoms with E-state index in [0.29, 0.717) is 4.90 Å². The van der Waals surface area contributed by atoms with Crippen LogP contribution in [-0.2, 0) is 22.9 Å². The van der Waals surface area contributed by atoms with Crippen molar-refractivity contribution in [1.82, 2.24) is 4.72 Å². The minimum absolute atomic E-state index is 0.115. The Morgan fingerprint density at radius 1 is 1.20 bits per heavy atom. The molecule has 1 aromatic carbocycles. The van der Waals surface area contributed by atoms with Crippen LogP contribution in [-0.4, -0.2) is 26.2 Å². The Labute approximate surface area is 120 Å². The highest BCUT2D eigenvalue weighted by molar-refractivity contribution is 7.89. The van der Waals surface area contributed by atoms with Crippen molar-refractivity contribution < 1.29 is 13.5 Å². The average Bonchev–Trinajstić information content (AvgIpc) is 3.29. The summed E-state index contributed by atoms with van der Waals surface area (Å²) in [5.41, 5.74) is 2.43. The fraction of sp³-hybridized carbons (Fsp3) is 0.600. The third-order valence-corrected chi connectivity index (χ3v) is 5.70. The Balaban J connectivity index is 1.73. The second kappa shape index (κ2) is 5.47. The summed E-state index contributed by atoms with van der Waals surface area (Å²) in [4.78, 5) is 0.321. The van der Waals surface area contributed by atoms with Crippen molar-refractivity contribution >= 4 is 10.0 Å². The Morgan fingerprint density at radius 3 is 2.60 bits per heavy atom. The first kappa shape index (κ1) is 14.0. The lowest BCUT2D eigenvalue weighted by Gasteiger charge is -2.17. The van der Waals surface area contributed by atoms with Crippen LogP contribution in [0.5, 0.6) is 0 Å². The SMILES string of the molecule is O=S(=O)(NCC(O)C1CC1)c1ccc2c(c1)CCCC2. The van der Waals surface area contributed by atoms with E-state index in [4.69, 9.17) is 0 Å². The van der Waals surface area contributed by atoms with Crippen molar-refractivity contribution in [3.05, 3.63) is 29.3 Å². The molecule has 4 nitrogen and oxygen atoms in total. The monoisotopic (exact) mass is 295 g/mol. The van der Waals surface area contributed by atoms with Gasteiger partial charge in [-0.15, -0.1) is 0 Å². The van der Waals surface area contributed by atoms with Gasteiger partial charge in [0, 0.05) is 6.54 Å². The first-order chi connectivity index (χ1) is 9.56. The Kier molecular flexibility index (Phi) is 3.84. The molecule has 0 spiro atoms. The van der Waals surface area contributed by atoms with Crippen molar-refractivity contribution in [1.29, 1.82) is 0 Å². The van der Waals surface area contributed by atoms with E-state index in [0.717, 1.165) is 37.7 Å². The van der Waals surface area contributed by atoms with Crippen LogP contribution in [0.15, 0.2) is 23.1 Å². The minimum atomic E-state index is -3.50. The van der Waals surface area contributed by atoms with Gasteiger partial charge in [0.1, 0.15) is 0 Å². The molecule has 0 saturated heterocycles. The molecule has 0 aromatic heterocycles. The van der Waals surface area contributed by atoms with Crippen LogP contribution < -0.4 is 4.72 Å². The number of hydrogen-bond donors (Lipinski definition) is 2. The molecule has 0 radical (unpaired) electrons. The van der Waals surface area contributed by atoms with Gasteiger partial charge in [-0.25, -0.2) is 13.1 Å². The molecule has 1 fully saturated rings. The zero-order valence-corrected chi connectivity index (χ0v) is 12.3. The molecule has 3 rings (SSSR count). The van der Waals surface area contributed by atoms with E-state index in [9.17, 15) is 13.5 Å². The summed E-state index contributed by atoms with van der Waals surface area (Å²) in [7, 11) is -3.50. The number of benzene rings is 1. The van der Waals surface area contributed by atoms with Gasteiger partial charge in [-0.3, -0.25) is 0 Å². The molecule has 2 aliphatic carbocycles. The van der Waals surface area contributed by atoms with Gasteiger partial charge in [0.05, 0.1) is 11.0 Å². The van der Waals surface area contributed by atoms with E-state index >= 15 is 0 Å². The molecule has 2 N–H and O–H groups in total. The number of aliphatic hydroxyl groups excluding tert-OH is 1. The lowest BCUT2D eigenvalue weighted by molar-refractivity contribution is 0.155. The lowest BCUT2D eigenvalue weighted by atomic mass is 9.92. The summed E-state index contributed by atoms with van der Waals surface area (Å²) in [6, 6.07) is 5.40. The Hall–Kier alpha value is -0.910. The van der Waals surface area contributed by atoms with Gasteiger partial charge in [0.25, 0.3) is 0 Å². The van der Waals surface area contributed by atoms with E-state index in [1.54, 1.807) is 12.1 Å². The zero-order valence-electron chi connectivity index (χ0n) is 11.5. The van der Waals surface area contributed by atoms with Crippen LogP contribution in [0, 0.1) is 5.92 Å². The van der Waals surface area contributed by atoms with Crippen molar-refractivity contribution in [3.63, 3.8) is 0 Å². The molecule has 0 heterocycles. The first-order valence-electron chi connectivity index (χ1n) is 7.36. The predicted molar refractivity (Wildman–Crippen MR) is 77.0 cm³/mol. The van der Waals surface area contributed by atoms with E-state index in [-0.39, 0.29) is 12.5 Å². The molecular weight excluding hydrogens is 274 g/mol. The second-order valence-electron chi connectivity index (χ2n) is 5.89. The van der Waals surface area contributed by atoms with Gasteiger partial charge < -0.3 is 5.11 Å². The van der Waals surface area contributed by atoms with E-state index < -0.39 is 16.1 Å². The van der Waals surface area contributed by atoms with Crippen molar-refractivity contribution in [3.8, 4) is 0 Å². The van der Waals surface area contributed by atoms with Gasteiger partial charge in [-0.2, -0.15) is 0 Å². The van der Waals surface area contributed by atoms with Crippen molar-refractivity contribution in [2.24, 2.45) is 5.92 Å². The topological polar surface area (TPSA) is 66.4 Å². The van der Waals surface area contributed by atoms with Gasteiger partial charge in [-0.1, -0.05) is 6.07 Å². The van der Waals surface area contributed by atoms with Crippen LogP contribution in [0.1, 0.15) is 36.8 Å². The number of hydrogen-bond acceptors (Lipinski definition) is 3. The summed E-state index contributed by atoms with van der Waals surface area (Å²) in [5.74, 6) is 0.279. The van der Waals surface area contributed by atoms with Crippen molar-refractivity contribution in [2.75, 3.05) is 6.54 Å². The van der Waals surface area contributed by atoms with Gasteiger partial charge in [0.2, 0.25) is 10.0 Å². The summed E-state index contributed by atoms with van der Waals surface area (Å²) >= 11 is 0. The summed E-state index contributed by atoms with van der Waals surface area (Å²) in [5, 5.41) is 9.76. The third-order valence-electron chi connectivity index (χ3n) is 4.28. The maximum atomic E-state index is 12.2. The maximum Gasteiger partial charge on any atom is 0.240 e. The largest absolute Gasteiger partial charge is 0.391 e. The van der Waals surface area contributed by atoms with E-state index in [2.05, 4.69) is 4.72 Å². The normalized spacial score (nSPS) is 20.4. The molecule has 110 valence electrons. The second-order valence-corrected chi connectivity index (χ2v) is 7.66. The molecule has 1 unspecified atom stereocenters. The highest BCUT2D eigenvalue weighted by Crippen LogP contribution is 2.32. The van der Waals surface area contributed by atoms with Gasteiger partial charge in [0.15, 0.2) is 0 Å². The quantitative estimate of drug-likeness (QED) is 0.867. The first-order valence-corrected chi connectivity index (χ1v) is 8.84. The lowest BCUT2D eigenvalue weighted by Crippen LogP contribution is -2.33. The Morgan fingerprint density at radius 2 is 1.90 bits per heavy atom. The number of nitrogens with one attached hydrogen (secondary N) is 1. The molecule has 2 aliphatic rings. The summed E-state index contributed by atoms with van der Waals surface area (Å²) in [6.45, 7) is 0.115. The van der Waals surface area contributed by atoms with Crippen LogP contribution >= 0.6 is 0 Å². The average molecular weight is 295 g/mol. The summed E-state index contributed by atoms with van der Waals surface area (Å²) in [6.07, 6.45) is 5.77. The summed E-state index contributed by atoms with van der Waals surface area (Å²) < 4.78 is 27.0. The molecule has 1 saturated carbocycles. The number of fused-ring (bicyclic) bond motifs is 1. The van der Waals surface area contributed by atoms with Gasteiger partial charge in [-0.05, 0) is 67.7 Å². The van der Waals surface area contributed by atoms with E-state index in [1.807, 2.05) is 6.07 Å². The molecule has 0 bridgehead atoms. The molecule has 20 heavy (non-hydrogen) atoms. The van der Waals surface area contributed by atoms with Crippen LogP contribution in [0.2, 0.25) is 0 Å². The maximum absolute atomic E-state index is 12.2. The van der Waals surface area contributed by atoms with Gasteiger partial charge >= 0.3 is 0 Å². The number of sulfonamides is 1. The number of aryl methyl sites for hydroxylation is 2. The molecule has 1 aromatic rings. The Bertz CT molecular complexity index is 593. The smallest absolute Gasteiger partial charge is 0.240 e. The number of aliphatic hydroxyl groups is 1.